The van der Waals surface area contributed by atoms with E-state index in [9.17, 15) is 19.8 Å². The topological polar surface area (TPSA) is 118 Å². The van der Waals surface area contributed by atoms with Crippen molar-refractivity contribution in [2.45, 2.75) is 27.7 Å². The fraction of sp³-hybridized carbons (Fsp3) is 0.174. The van der Waals surface area contributed by atoms with Crippen molar-refractivity contribution in [1.29, 1.82) is 0 Å². The highest BCUT2D eigenvalue weighted by Crippen LogP contribution is 2.26. The predicted octanol–water partition coefficient (Wildman–Crippen LogP) is 4.05. The van der Waals surface area contributed by atoms with Crippen LogP contribution >= 0.6 is 0 Å². The molecule has 0 saturated carbocycles. The summed E-state index contributed by atoms with van der Waals surface area (Å²) in [4.78, 5) is 30.2. The van der Waals surface area contributed by atoms with Gasteiger partial charge in [0.05, 0.1) is 0 Å². The van der Waals surface area contributed by atoms with E-state index >= 15 is 0 Å². The van der Waals surface area contributed by atoms with Gasteiger partial charge in [0.15, 0.2) is 0 Å². The summed E-state index contributed by atoms with van der Waals surface area (Å²) < 4.78 is 9.98. The molecule has 2 aromatic heterocycles. The van der Waals surface area contributed by atoms with Crippen LogP contribution in [0.25, 0.3) is 21.9 Å². The van der Waals surface area contributed by atoms with Crippen LogP contribution in [0, 0.1) is 27.7 Å². The van der Waals surface area contributed by atoms with Gasteiger partial charge in [0, 0.05) is 35.0 Å². The van der Waals surface area contributed by atoms with Crippen LogP contribution in [0.15, 0.2) is 54.8 Å². The molecular formula is C23H22O7. The van der Waals surface area contributed by atoms with Crippen LogP contribution in [0.1, 0.15) is 22.3 Å². The molecule has 0 aliphatic rings. The molecule has 0 aliphatic heterocycles. The van der Waals surface area contributed by atoms with Crippen molar-refractivity contribution in [3.63, 3.8) is 0 Å². The van der Waals surface area contributed by atoms with Gasteiger partial charge in [-0.15, -0.1) is 0 Å². The van der Waals surface area contributed by atoms with E-state index in [1.54, 1.807) is 12.1 Å². The van der Waals surface area contributed by atoms with E-state index in [0.29, 0.717) is 11.2 Å². The van der Waals surface area contributed by atoms with Crippen molar-refractivity contribution < 1.29 is 23.8 Å². The number of benzene rings is 2. The number of fused-ring (bicyclic) bond motifs is 2. The maximum atomic E-state index is 11.1. The summed E-state index contributed by atoms with van der Waals surface area (Å²) in [6, 6.07) is 9.11. The Morgan fingerprint density at radius 1 is 0.600 bits per heavy atom. The maximum Gasteiger partial charge on any atom is 0.336 e. The zero-order chi connectivity index (χ0) is 22.6. The van der Waals surface area contributed by atoms with E-state index in [0.717, 1.165) is 33.0 Å². The molecule has 2 aromatic carbocycles. The Morgan fingerprint density at radius 3 is 1.23 bits per heavy atom. The quantitative estimate of drug-likeness (QED) is 0.420. The minimum atomic E-state index is -0.389. The number of aryl methyl sites for hydroxylation is 4. The fourth-order valence-electron chi connectivity index (χ4n) is 3.42. The largest absolute Gasteiger partial charge is 0.508 e. The smallest absolute Gasteiger partial charge is 0.336 e. The molecule has 7 heteroatoms. The number of phenolic OH excluding ortho intramolecular Hbond substituents is 2. The Kier molecular flexibility index (Phi) is 6.79. The predicted molar refractivity (Wildman–Crippen MR) is 114 cm³/mol. The van der Waals surface area contributed by atoms with Crippen LogP contribution < -0.4 is 11.3 Å². The van der Waals surface area contributed by atoms with Gasteiger partial charge in [-0.1, -0.05) is 0 Å². The third-order valence-electron chi connectivity index (χ3n) is 4.45. The lowest BCUT2D eigenvalue weighted by Crippen LogP contribution is -1.98. The second-order valence-corrected chi connectivity index (χ2v) is 6.77. The normalized spacial score (nSPS) is 10.1. The second-order valence-electron chi connectivity index (χ2n) is 6.77. The first-order valence-corrected chi connectivity index (χ1v) is 8.92. The molecule has 4 aromatic rings. The molecule has 0 amide bonds. The van der Waals surface area contributed by atoms with E-state index in [-0.39, 0.29) is 22.8 Å². The van der Waals surface area contributed by atoms with Crippen molar-refractivity contribution in [2.75, 3.05) is 0 Å². The third-order valence-corrected chi connectivity index (χ3v) is 4.45. The van der Waals surface area contributed by atoms with E-state index in [2.05, 4.69) is 0 Å². The number of carbonyl (C=O) groups is 1. The second kappa shape index (κ2) is 9.09. The van der Waals surface area contributed by atoms with E-state index in [1.165, 1.54) is 24.3 Å². The Bertz CT molecular complexity index is 1230. The van der Waals surface area contributed by atoms with Crippen LogP contribution in [0.3, 0.4) is 0 Å². The number of carbonyl (C=O) groups excluding carboxylic acids is 1. The molecule has 0 fully saturated rings. The van der Waals surface area contributed by atoms with Crippen LogP contribution in [0.4, 0.5) is 0 Å². The van der Waals surface area contributed by atoms with Crippen LogP contribution in [0.5, 0.6) is 11.5 Å². The first-order chi connectivity index (χ1) is 14.2. The lowest BCUT2D eigenvalue weighted by atomic mass is 10.1. The minimum absolute atomic E-state index is 0.115. The van der Waals surface area contributed by atoms with Gasteiger partial charge in [-0.2, -0.15) is 0 Å². The first-order valence-electron chi connectivity index (χ1n) is 8.92. The summed E-state index contributed by atoms with van der Waals surface area (Å²) in [5, 5.41) is 20.4. The van der Waals surface area contributed by atoms with Gasteiger partial charge in [-0.3, -0.25) is 0 Å². The van der Waals surface area contributed by atoms with E-state index in [4.69, 9.17) is 13.6 Å². The fourth-order valence-corrected chi connectivity index (χ4v) is 3.42. The molecule has 2 heterocycles. The van der Waals surface area contributed by atoms with Gasteiger partial charge in [0.2, 0.25) is 0 Å². The zero-order valence-corrected chi connectivity index (χ0v) is 17.1. The number of phenols is 2. The molecule has 0 saturated heterocycles. The molecule has 7 nitrogen and oxygen atoms in total. The lowest BCUT2D eigenvalue weighted by Gasteiger charge is -2.04. The Balaban J connectivity index is 0.000000197. The molecule has 0 spiro atoms. The van der Waals surface area contributed by atoms with Crippen molar-refractivity contribution in [3.05, 3.63) is 79.5 Å². The van der Waals surface area contributed by atoms with Gasteiger partial charge in [0.1, 0.15) is 29.5 Å². The van der Waals surface area contributed by atoms with Crippen LogP contribution in [-0.4, -0.2) is 17.0 Å². The Morgan fingerprint density at radius 2 is 0.900 bits per heavy atom. The average molecular weight is 410 g/mol. The summed E-state index contributed by atoms with van der Waals surface area (Å²) >= 11 is 0. The summed E-state index contributed by atoms with van der Waals surface area (Å²) in [5.74, 6) is 0.229. The SMILES string of the molecule is C=O.Cc1cc(O)cc2oc(=O)cc(C)c12.Cc1cc(O)cc2oc(=O)cc(C)c12. The van der Waals surface area contributed by atoms with Crippen molar-refractivity contribution in [1.82, 2.24) is 0 Å². The lowest BCUT2D eigenvalue weighted by molar-refractivity contribution is -0.0980. The van der Waals surface area contributed by atoms with Crippen molar-refractivity contribution >= 4 is 28.7 Å². The summed E-state index contributed by atoms with van der Waals surface area (Å²) in [6.07, 6.45) is 0. The highest BCUT2D eigenvalue weighted by molar-refractivity contribution is 5.85. The van der Waals surface area contributed by atoms with Crippen LogP contribution in [-0.2, 0) is 4.79 Å². The molecule has 4 rings (SSSR count). The molecule has 0 aliphatic carbocycles. The van der Waals surface area contributed by atoms with E-state index < -0.39 is 0 Å². The van der Waals surface area contributed by atoms with Gasteiger partial charge in [-0.25, -0.2) is 9.59 Å². The summed E-state index contributed by atoms with van der Waals surface area (Å²) in [6.45, 7) is 9.44. The molecule has 2 N–H and O–H groups in total. The monoisotopic (exact) mass is 410 g/mol. The Hall–Kier alpha value is -3.87. The number of hydrogen-bond acceptors (Lipinski definition) is 7. The van der Waals surface area contributed by atoms with Gasteiger partial charge in [-0.05, 0) is 62.1 Å². The molecule has 0 bridgehead atoms. The molecule has 0 unspecified atom stereocenters. The van der Waals surface area contributed by atoms with Crippen molar-refractivity contribution in [3.8, 4) is 11.5 Å². The molecular weight excluding hydrogens is 388 g/mol. The summed E-state index contributed by atoms with van der Waals surface area (Å²) in [5.41, 5.74) is 3.64. The van der Waals surface area contributed by atoms with Gasteiger partial charge >= 0.3 is 11.3 Å². The standard InChI is InChI=1S/2C11H10O3.CH2O/c2*1-6-3-8(12)5-9-11(6)7(2)4-10(13)14-9;1-2/h2*3-5,12H,1-2H3;1H2. The number of rotatable bonds is 0. The Labute approximate surface area is 171 Å². The van der Waals surface area contributed by atoms with Crippen molar-refractivity contribution in [2.24, 2.45) is 0 Å². The minimum Gasteiger partial charge on any atom is -0.508 e. The van der Waals surface area contributed by atoms with E-state index in [1.807, 2.05) is 34.5 Å². The molecule has 0 atom stereocenters. The zero-order valence-electron chi connectivity index (χ0n) is 17.1. The number of aromatic hydroxyl groups is 2. The highest BCUT2D eigenvalue weighted by atomic mass is 16.4. The molecule has 30 heavy (non-hydrogen) atoms. The average Bonchev–Trinajstić information content (AvgIpc) is 2.61. The van der Waals surface area contributed by atoms with Gasteiger partial charge < -0.3 is 23.8 Å². The highest BCUT2D eigenvalue weighted by Gasteiger charge is 2.07. The molecule has 0 radical (unpaired) electrons. The third kappa shape index (κ3) is 4.75. The summed E-state index contributed by atoms with van der Waals surface area (Å²) in [7, 11) is 0. The first kappa shape index (κ1) is 22.4. The number of hydrogen-bond donors (Lipinski definition) is 2. The van der Waals surface area contributed by atoms with Gasteiger partial charge in [0.25, 0.3) is 0 Å². The maximum absolute atomic E-state index is 11.1. The van der Waals surface area contributed by atoms with Crippen LogP contribution in [0.2, 0.25) is 0 Å². The molecule has 156 valence electrons.